The molecule has 1 aromatic carbocycles. The summed E-state index contributed by atoms with van der Waals surface area (Å²) in [6.07, 6.45) is -0.600. The number of hydrogen-bond acceptors (Lipinski definition) is 4. The summed E-state index contributed by atoms with van der Waals surface area (Å²) in [6, 6.07) is 7.14. The molecule has 0 spiro atoms. The molecular weight excluding hydrogens is 230 g/mol. The molecule has 1 aromatic rings. The average molecular weight is 249 g/mol. The molecule has 0 bridgehead atoms. The lowest BCUT2D eigenvalue weighted by atomic mass is 10.1. The van der Waals surface area contributed by atoms with Crippen LogP contribution >= 0.6 is 0 Å². The Kier molecular flexibility index (Phi) is 5.32. The summed E-state index contributed by atoms with van der Waals surface area (Å²) in [6.45, 7) is 4.69. The second kappa shape index (κ2) is 6.76. The minimum atomic E-state index is -0.600. The number of amidine groups is 1. The fraction of sp³-hybridized carbons (Fsp3) is 0.385. The highest BCUT2D eigenvalue weighted by molar-refractivity contribution is 6.04. The van der Waals surface area contributed by atoms with Gasteiger partial charge in [0.1, 0.15) is 5.84 Å². The number of amides is 1. The van der Waals surface area contributed by atoms with Crippen molar-refractivity contribution in [3.63, 3.8) is 0 Å². The number of hydrogen-bond donors (Lipinski definition) is 3. The lowest BCUT2D eigenvalue weighted by Crippen LogP contribution is -2.31. The normalized spacial score (nSPS) is 10.2. The second-order valence-corrected chi connectivity index (χ2v) is 4.39. The molecule has 4 N–H and O–H groups in total. The van der Waals surface area contributed by atoms with Crippen molar-refractivity contribution >= 4 is 11.9 Å². The van der Waals surface area contributed by atoms with E-state index < -0.39 is 6.09 Å². The van der Waals surface area contributed by atoms with Crippen LogP contribution in [0, 0.1) is 11.3 Å². The molecule has 5 heteroatoms. The van der Waals surface area contributed by atoms with E-state index in [0.29, 0.717) is 18.7 Å². The Balaban J connectivity index is 2.51. The maximum absolute atomic E-state index is 11.4. The predicted octanol–water partition coefficient (Wildman–Crippen LogP) is 1.85. The second-order valence-electron chi connectivity index (χ2n) is 4.39. The Bertz CT molecular complexity index is 413. The first-order valence-electron chi connectivity index (χ1n) is 5.84. The highest BCUT2D eigenvalue weighted by atomic mass is 16.5. The van der Waals surface area contributed by atoms with Gasteiger partial charge >= 0.3 is 6.09 Å². The summed E-state index contributed by atoms with van der Waals surface area (Å²) in [7, 11) is 0. The molecule has 0 aliphatic rings. The molecule has 0 aromatic heterocycles. The van der Waals surface area contributed by atoms with E-state index in [9.17, 15) is 4.79 Å². The van der Waals surface area contributed by atoms with Gasteiger partial charge in [-0.2, -0.15) is 0 Å². The number of rotatable bonds is 4. The number of alkyl carbamates (subject to hydrolysis) is 1. The fourth-order valence-corrected chi connectivity index (χ4v) is 1.26. The van der Waals surface area contributed by atoms with Crippen LogP contribution in [0.5, 0.6) is 0 Å². The van der Waals surface area contributed by atoms with Crippen molar-refractivity contribution in [3.05, 3.63) is 35.4 Å². The summed E-state index contributed by atoms with van der Waals surface area (Å²) in [5, 5.41) is 10.1. The van der Waals surface area contributed by atoms with Crippen LogP contribution in [0.2, 0.25) is 0 Å². The van der Waals surface area contributed by atoms with Crippen LogP contribution in [-0.4, -0.2) is 18.5 Å². The molecular formula is C13H19N3O2. The molecule has 1 rings (SSSR count). The van der Waals surface area contributed by atoms with Gasteiger partial charge in [0.05, 0.1) is 6.61 Å². The van der Waals surface area contributed by atoms with Gasteiger partial charge in [-0.25, -0.2) is 4.79 Å². The third-order valence-electron chi connectivity index (χ3n) is 2.25. The zero-order valence-corrected chi connectivity index (χ0v) is 10.7. The molecule has 98 valence electrons. The molecule has 0 radical (unpaired) electrons. The van der Waals surface area contributed by atoms with E-state index in [4.69, 9.17) is 15.9 Å². The molecule has 1 amide bonds. The number of benzene rings is 1. The van der Waals surface area contributed by atoms with Crippen LogP contribution in [0.15, 0.2) is 24.3 Å². The van der Waals surface area contributed by atoms with Gasteiger partial charge in [-0.1, -0.05) is 38.1 Å². The number of nitrogens with one attached hydrogen (secondary N) is 2. The van der Waals surface area contributed by atoms with Crippen molar-refractivity contribution < 1.29 is 9.53 Å². The van der Waals surface area contributed by atoms with Crippen LogP contribution in [0.1, 0.15) is 25.0 Å². The van der Waals surface area contributed by atoms with Crippen LogP contribution in [0.3, 0.4) is 0 Å². The first-order chi connectivity index (χ1) is 8.52. The molecule has 5 nitrogen and oxygen atoms in total. The van der Waals surface area contributed by atoms with Gasteiger partial charge in [-0.05, 0) is 11.5 Å². The van der Waals surface area contributed by atoms with Gasteiger partial charge < -0.3 is 10.5 Å². The first kappa shape index (κ1) is 14.2. The highest BCUT2D eigenvalue weighted by Gasteiger charge is 2.08. The van der Waals surface area contributed by atoms with Crippen molar-refractivity contribution in [1.82, 2.24) is 5.32 Å². The van der Waals surface area contributed by atoms with Gasteiger partial charge in [-0.3, -0.25) is 10.7 Å². The Labute approximate surface area is 107 Å². The van der Waals surface area contributed by atoms with Gasteiger partial charge in [0.2, 0.25) is 0 Å². The summed E-state index contributed by atoms with van der Waals surface area (Å²) in [5.74, 6) is 0.293. The van der Waals surface area contributed by atoms with Crippen LogP contribution < -0.4 is 11.1 Å². The third kappa shape index (κ3) is 4.55. The van der Waals surface area contributed by atoms with Crippen LogP contribution in [-0.2, 0) is 11.3 Å². The average Bonchev–Trinajstić information content (AvgIpc) is 2.36. The number of carbonyl (C=O) groups excluding carboxylic acids is 1. The Morgan fingerprint density at radius 1 is 1.39 bits per heavy atom. The molecule has 0 saturated carbocycles. The molecule has 0 heterocycles. The lowest BCUT2D eigenvalue weighted by Gasteiger charge is -2.09. The largest absolute Gasteiger partial charge is 0.449 e. The molecule has 0 aliphatic carbocycles. The number of carbonyl (C=O) groups is 1. The van der Waals surface area contributed by atoms with E-state index in [1.54, 1.807) is 12.1 Å². The predicted molar refractivity (Wildman–Crippen MR) is 70.5 cm³/mol. The zero-order valence-electron chi connectivity index (χ0n) is 10.7. The summed E-state index contributed by atoms with van der Waals surface area (Å²) >= 11 is 0. The minimum absolute atomic E-state index is 0.0207. The van der Waals surface area contributed by atoms with Gasteiger partial charge in [-0.15, -0.1) is 0 Å². The Hall–Kier alpha value is -1.88. The maximum atomic E-state index is 11.4. The summed E-state index contributed by atoms with van der Waals surface area (Å²) in [4.78, 5) is 11.4. The number of ether oxygens (including phenoxy) is 1. The number of nitrogens with two attached hydrogens (primary N) is 1. The Morgan fingerprint density at radius 2 is 2.00 bits per heavy atom. The van der Waals surface area contributed by atoms with Crippen LogP contribution in [0.25, 0.3) is 0 Å². The maximum Gasteiger partial charge on any atom is 0.412 e. The van der Waals surface area contributed by atoms with Crippen LogP contribution in [0.4, 0.5) is 4.79 Å². The molecule has 0 atom stereocenters. The van der Waals surface area contributed by atoms with E-state index in [1.165, 1.54) is 0 Å². The minimum Gasteiger partial charge on any atom is -0.449 e. The molecule has 18 heavy (non-hydrogen) atoms. The quantitative estimate of drug-likeness (QED) is 0.562. The molecule has 0 saturated heterocycles. The summed E-state index contributed by atoms with van der Waals surface area (Å²) in [5.41, 5.74) is 7.08. The smallest absolute Gasteiger partial charge is 0.412 e. The SMILES string of the molecule is CC(C)COC(=O)NC(=N)c1ccc(CN)cc1. The molecule has 0 fully saturated rings. The highest BCUT2D eigenvalue weighted by Crippen LogP contribution is 2.03. The van der Waals surface area contributed by atoms with Gasteiger partial charge in [0.25, 0.3) is 0 Å². The lowest BCUT2D eigenvalue weighted by molar-refractivity contribution is 0.138. The van der Waals surface area contributed by atoms with E-state index in [-0.39, 0.29) is 11.8 Å². The van der Waals surface area contributed by atoms with E-state index in [2.05, 4.69) is 5.32 Å². The third-order valence-corrected chi connectivity index (χ3v) is 2.25. The van der Waals surface area contributed by atoms with Crippen molar-refractivity contribution in [2.45, 2.75) is 20.4 Å². The van der Waals surface area contributed by atoms with Gasteiger partial charge in [0.15, 0.2) is 0 Å². The summed E-state index contributed by atoms with van der Waals surface area (Å²) < 4.78 is 4.93. The Morgan fingerprint density at radius 3 is 2.50 bits per heavy atom. The van der Waals surface area contributed by atoms with E-state index >= 15 is 0 Å². The van der Waals surface area contributed by atoms with Crippen molar-refractivity contribution in [2.24, 2.45) is 11.7 Å². The zero-order chi connectivity index (χ0) is 13.5. The van der Waals surface area contributed by atoms with E-state index in [0.717, 1.165) is 5.56 Å². The van der Waals surface area contributed by atoms with Gasteiger partial charge in [0, 0.05) is 12.1 Å². The van der Waals surface area contributed by atoms with Crippen molar-refractivity contribution in [2.75, 3.05) is 6.61 Å². The standard InChI is InChI=1S/C13H19N3O2/c1-9(2)8-18-13(17)16-12(15)11-5-3-10(7-14)4-6-11/h3-6,9H,7-8,14H2,1-2H3,(H2,15,16,17). The topological polar surface area (TPSA) is 88.2 Å². The molecule has 0 aliphatic heterocycles. The van der Waals surface area contributed by atoms with E-state index in [1.807, 2.05) is 26.0 Å². The van der Waals surface area contributed by atoms with Crippen molar-refractivity contribution in [3.8, 4) is 0 Å². The monoisotopic (exact) mass is 249 g/mol. The first-order valence-corrected chi connectivity index (χ1v) is 5.84. The fourth-order valence-electron chi connectivity index (χ4n) is 1.26. The molecule has 0 unspecified atom stereocenters. The van der Waals surface area contributed by atoms with Crippen molar-refractivity contribution in [1.29, 1.82) is 5.41 Å².